The third-order valence-corrected chi connectivity index (χ3v) is 8.20. The molecule has 5 atom stereocenters. The standard InChI is InChI=1S/C12H20N3O4P3/c1-7-2-9(19-10(7)6-20-22-21-18)4-15-3-8(5-16)11(13)14-12(15)17/h3,7,9-10,16,20,22H,2,4-6H2,1H3,(H2,13,14,17)/t7?,9-,10-/m1/s1. The fourth-order valence-corrected chi connectivity index (χ4v) is 5.90. The molecular formula is C12H20N3O4P3. The molecular weight excluding hydrogens is 343 g/mol. The maximum Gasteiger partial charge on any atom is 0.349 e. The highest BCUT2D eigenvalue weighted by atomic mass is 32.4. The normalized spacial score (nSPS) is 26.0. The Morgan fingerprint density at radius 1 is 1.64 bits per heavy atom. The molecule has 7 nitrogen and oxygen atoms in total. The molecule has 122 valence electrons. The van der Waals surface area contributed by atoms with E-state index in [2.05, 4.69) is 11.9 Å². The molecule has 1 aromatic heterocycles. The number of hydrogen-bond acceptors (Lipinski definition) is 6. The summed E-state index contributed by atoms with van der Waals surface area (Å²) in [7, 11) is 1.31. The van der Waals surface area contributed by atoms with Crippen molar-refractivity contribution in [2.45, 2.75) is 38.7 Å². The number of nitrogens with two attached hydrogens (primary N) is 1. The van der Waals surface area contributed by atoms with Crippen LogP contribution in [0.15, 0.2) is 11.0 Å². The Hall–Kier alpha value is -0.440. The summed E-state index contributed by atoms with van der Waals surface area (Å²) in [5.41, 5.74) is 5.60. The van der Waals surface area contributed by atoms with E-state index in [4.69, 9.17) is 10.5 Å². The number of aromatic nitrogens is 2. The molecule has 1 aliphatic rings. The first-order chi connectivity index (χ1) is 10.5. The average Bonchev–Trinajstić information content (AvgIpc) is 2.82. The van der Waals surface area contributed by atoms with Gasteiger partial charge in [-0.25, -0.2) is 4.79 Å². The first-order valence-electron chi connectivity index (χ1n) is 6.97. The third kappa shape index (κ3) is 4.53. The Bertz CT molecular complexity index is 583. The first-order valence-corrected chi connectivity index (χ1v) is 11.8. The van der Waals surface area contributed by atoms with Gasteiger partial charge in [-0.15, -0.1) is 0 Å². The highest BCUT2D eigenvalue weighted by Crippen LogP contribution is 2.48. The van der Waals surface area contributed by atoms with E-state index in [9.17, 15) is 14.5 Å². The Labute approximate surface area is 133 Å². The molecule has 3 unspecified atom stereocenters. The third-order valence-electron chi connectivity index (χ3n) is 3.74. The highest BCUT2D eigenvalue weighted by Gasteiger charge is 2.32. The molecule has 1 saturated heterocycles. The van der Waals surface area contributed by atoms with Crippen LogP contribution in [0.3, 0.4) is 0 Å². The Kier molecular flexibility index (Phi) is 6.86. The van der Waals surface area contributed by atoms with Crippen LogP contribution in [0.4, 0.5) is 5.82 Å². The van der Waals surface area contributed by atoms with Crippen molar-refractivity contribution in [2.75, 3.05) is 11.9 Å². The second-order valence-electron chi connectivity index (χ2n) is 5.34. The Morgan fingerprint density at radius 3 is 3.09 bits per heavy atom. The van der Waals surface area contributed by atoms with Crippen LogP contribution in [0.1, 0.15) is 18.9 Å². The van der Waals surface area contributed by atoms with Crippen molar-refractivity contribution < 1.29 is 14.4 Å². The minimum atomic E-state index is -0.428. The van der Waals surface area contributed by atoms with Gasteiger partial charge in [0.05, 0.1) is 25.4 Å². The lowest BCUT2D eigenvalue weighted by Gasteiger charge is -2.16. The molecule has 0 aromatic carbocycles. The van der Waals surface area contributed by atoms with Crippen LogP contribution in [-0.4, -0.2) is 33.0 Å². The van der Waals surface area contributed by atoms with Gasteiger partial charge in [0.15, 0.2) is 8.15 Å². The van der Waals surface area contributed by atoms with Crippen molar-refractivity contribution in [3.63, 3.8) is 0 Å². The maximum atomic E-state index is 11.9. The average molecular weight is 363 g/mol. The van der Waals surface area contributed by atoms with Crippen molar-refractivity contribution >= 4 is 30.2 Å². The van der Waals surface area contributed by atoms with Crippen molar-refractivity contribution in [3.05, 3.63) is 22.2 Å². The van der Waals surface area contributed by atoms with Gasteiger partial charge < -0.3 is 15.6 Å². The lowest BCUT2D eigenvalue weighted by atomic mass is 10.0. The summed E-state index contributed by atoms with van der Waals surface area (Å²) < 4.78 is 17.9. The second-order valence-corrected chi connectivity index (χ2v) is 10.8. The molecule has 1 fully saturated rings. The van der Waals surface area contributed by atoms with Crippen LogP contribution >= 0.6 is 24.4 Å². The smallest absolute Gasteiger partial charge is 0.349 e. The minimum Gasteiger partial charge on any atom is -0.391 e. The fraction of sp³-hybridized carbons (Fsp3) is 0.667. The Balaban J connectivity index is 2.00. The summed E-state index contributed by atoms with van der Waals surface area (Å²) in [6.07, 6.45) is 3.45. The van der Waals surface area contributed by atoms with Crippen LogP contribution in [0, 0.1) is 5.92 Å². The summed E-state index contributed by atoms with van der Waals surface area (Å²) in [5, 5.41) is 9.21. The number of rotatable bonds is 7. The molecule has 10 heteroatoms. The van der Waals surface area contributed by atoms with Crippen LogP contribution in [-0.2, 0) is 22.5 Å². The number of ether oxygens (including phenoxy) is 1. The van der Waals surface area contributed by atoms with Gasteiger partial charge in [-0.05, 0) is 26.5 Å². The molecule has 2 rings (SSSR count). The number of nitrogen functional groups attached to an aromatic ring is 1. The molecule has 0 aliphatic carbocycles. The molecule has 0 amide bonds. The zero-order valence-corrected chi connectivity index (χ0v) is 15.1. The summed E-state index contributed by atoms with van der Waals surface area (Å²) in [6, 6.07) is 0. The lowest BCUT2D eigenvalue weighted by Crippen LogP contribution is -2.30. The lowest BCUT2D eigenvalue weighted by molar-refractivity contribution is 0.0402. The van der Waals surface area contributed by atoms with Gasteiger partial charge in [0.1, 0.15) is 5.82 Å². The number of aliphatic hydroxyl groups is 1. The fourth-order valence-electron chi connectivity index (χ4n) is 2.57. The molecule has 1 aromatic rings. The van der Waals surface area contributed by atoms with Crippen molar-refractivity contribution in [3.8, 4) is 0 Å². The van der Waals surface area contributed by atoms with E-state index in [0.717, 1.165) is 12.6 Å². The largest absolute Gasteiger partial charge is 0.391 e. The molecule has 22 heavy (non-hydrogen) atoms. The van der Waals surface area contributed by atoms with E-state index in [-0.39, 0.29) is 32.8 Å². The van der Waals surface area contributed by atoms with E-state index in [1.165, 1.54) is 4.57 Å². The quantitative estimate of drug-likeness (QED) is 0.563. The predicted octanol–water partition coefficient (Wildman–Crippen LogP) is 1.59. The number of nitrogens with zero attached hydrogens (tertiary/aromatic N) is 2. The van der Waals surface area contributed by atoms with E-state index in [1.807, 2.05) is 0 Å². The first kappa shape index (κ1) is 17.9. The molecule has 0 bridgehead atoms. The topological polar surface area (TPSA) is 107 Å². The highest BCUT2D eigenvalue weighted by molar-refractivity contribution is 8.40. The number of hydrogen-bond donors (Lipinski definition) is 2. The van der Waals surface area contributed by atoms with E-state index < -0.39 is 5.69 Å². The zero-order chi connectivity index (χ0) is 16.1. The summed E-state index contributed by atoms with van der Waals surface area (Å²) in [6.45, 7) is 2.29. The van der Waals surface area contributed by atoms with Gasteiger partial charge in [-0.2, -0.15) is 4.98 Å². The van der Waals surface area contributed by atoms with Crippen LogP contribution < -0.4 is 11.4 Å². The predicted molar refractivity (Wildman–Crippen MR) is 90.4 cm³/mol. The van der Waals surface area contributed by atoms with Gasteiger partial charge in [-0.3, -0.25) is 9.13 Å². The van der Waals surface area contributed by atoms with Gasteiger partial charge >= 0.3 is 5.69 Å². The number of aliphatic hydroxyl groups excluding tert-OH is 1. The van der Waals surface area contributed by atoms with E-state index >= 15 is 0 Å². The van der Waals surface area contributed by atoms with Gasteiger partial charge in [0, 0.05) is 11.8 Å². The van der Waals surface area contributed by atoms with Crippen molar-refractivity contribution in [2.24, 2.45) is 5.92 Å². The summed E-state index contributed by atoms with van der Waals surface area (Å²) in [4.78, 5) is 15.6. The van der Waals surface area contributed by atoms with Crippen molar-refractivity contribution in [1.82, 2.24) is 9.55 Å². The van der Waals surface area contributed by atoms with Crippen molar-refractivity contribution in [1.29, 1.82) is 0 Å². The van der Waals surface area contributed by atoms with Gasteiger partial charge in [-0.1, -0.05) is 15.2 Å². The minimum absolute atomic E-state index is 0.0485. The second kappa shape index (κ2) is 8.42. The maximum absolute atomic E-state index is 11.9. The molecule has 0 saturated carbocycles. The van der Waals surface area contributed by atoms with Gasteiger partial charge in [0.25, 0.3) is 0 Å². The molecule has 2 heterocycles. The molecule has 3 N–H and O–H groups in total. The summed E-state index contributed by atoms with van der Waals surface area (Å²) in [5.74, 6) is 0.488. The molecule has 1 aliphatic heterocycles. The molecule has 0 spiro atoms. The van der Waals surface area contributed by atoms with Gasteiger partial charge in [0.2, 0.25) is 0 Å². The SMILES string of the molecule is CC1C[C@H](Cn2cc(CO)c(N)nc2=O)O[C@@H]1CPPP=O. The zero-order valence-electron chi connectivity index (χ0n) is 12.2. The number of anilines is 1. The van der Waals surface area contributed by atoms with Crippen LogP contribution in [0.5, 0.6) is 0 Å². The summed E-state index contributed by atoms with van der Waals surface area (Å²) >= 11 is 0. The van der Waals surface area contributed by atoms with E-state index in [1.54, 1.807) is 6.20 Å². The van der Waals surface area contributed by atoms with Crippen LogP contribution in [0.25, 0.3) is 0 Å². The monoisotopic (exact) mass is 363 g/mol. The van der Waals surface area contributed by atoms with E-state index in [0.29, 0.717) is 34.3 Å². The Morgan fingerprint density at radius 2 is 2.41 bits per heavy atom. The van der Waals surface area contributed by atoms with Crippen LogP contribution in [0.2, 0.25) is 0 Å². The molecule has 0 radical (unpaired) electrons.